The minimum atomic E-state index is -0.552. The Balaban J connectivity index is 1.95. The molecule has 1 nitrogen and oxygen atoms in total. The van der Waals surface area contributed by atoms with Crippen LogP contribution in [0.1, 0.15) is 46.0 Å². The van der Waals surface area contributed by atoms with Gasteiger partial charge in [-0.1, -0.05) is 13.3 Å². The van der Waals surface area contributed by atoms with Crippen LogP contribution < -0.4 is 0 Å². The van der Waals surface area contributed by atoms with Crippen LogP contribution in [-0.2, 0) is 4.74 Å². The molecule has 4 unspecified atom stereocenters. The second-order valence-corrected chi connectivity index (χ2v) is 4.87. The van der Waals surface area contributed by atoms with Crippen molar-refractivity contribution in [3.8, 4) is 0 Å². The number of ether oxygens (including phenoxy) is 1. The summed E-state index contributed by atoms with van der Waals surface area (Å²) in [5.74, 6) is 0.640. The maximum Gasteiger partial charge on any atom is 0.106 e. The van der Waals surface area contributed by atoms with Gasteiger partial charge in [-0.15, -0.1) is 0 Å². The van der Waals surface area contributed by atoms with Gasteiger partial charge in [0, 0.05) is 12.0 Å². The average Bonchev–Trinajstić information content (AvgIpc) is 2.87. The first kappa shape index (κ1) is 10.4. The Hall–Kier alpha value is -0.110. The number of alkyl halides is 1. The first-order chi connectivity index (χ1) is 6.73. The van der Waals surface area contributed by atoms with E-state index >= 15 is 0 Å². The van der Waals surface area contributed by atoms with Gasteiger partial charge in [-0.05, 0) is 38.5 Å². The van der Waals surface area contributed by atoms with Gasteiger partial charge in [0.1, 0.15) is 6.17 Å². The van der Waals surface area contributed by atoms with Crippen molar-refractivity contribution in [2.45, 2.75) is 58.2 Å². The summed E-state index contributed by atoms with van der Waals surface area (Å²) in [7, 11) is 0. The largest absolute Gasteiger partial charge is 0.378 e. The topological polar surface area (TPSA) is 9.23 Å². The van der Waals surface area contributed by atoms with E-state index in [1.165, 1.54) is 0 Å². The van der Waals surface area contributed by atoms with Crippen molar-refractivity contribution in [2.75, 3.05) is 6.61 Å². The zero-order valence-electron chi connectivity index (χ0n) is 9.26. The molecule has 2 rings (SSSR count). The highest BCUT2D eigenvalue weighted by atomic mass is 19.1. The lowest BCUT2D eigenvalue weighted by Crippen LogP contribution is -2.33. The molecular weight excluding hydrogens is 179 g/mol. The van der Waals surface area contributed by atoms with Gasteiger partial charge in [-0.25, -0.2) is 4.39 Å². The van der Waals surface area contributed by atoms with E-state index in [4.69, 9.17) is 4.74 Å². The third-order valence-corrected chi connectivity index (χ3v) is 4.15. The molecule has 0 N–H and O–H groups in total. The summed E-state index contributed by atoms with van der Waals surface area (Å²) in [6, 6.07) is 0. The van der Waals surface area contributed by atoms with E-state index in [1.54, 1.807) is 0 Å². The Labute approximate surface area is 86.0 Å². The minimum absolute atomic E-state index is 0.0346. The number of hydrogen-bond donors (Lipinski definition) is 0. The van der Waals surface area contributed by atoms with E-state index in [2.05, 4.69) is 6.92 Å². The van der Waals surface area contributed by atoms with E-state index in [0.717, 1.165) is 38.7 Å². The van der Waals surface area contributed by atoms with E-state index in [1.807, 2.05) is 6.92 Å². The number of rotatable bonds is 3. The van der Waals surface area contributed by atoms with Gasteiger partial charge in [0.2, 0.25) is 0 Å². The van der Waals surface area contributed by atoms with Crippen molar-refractivity contribution in [2.24, 2.45) is 11.3 Å². The minimum Gasteiger partial charge on any atom is -0.378 e. The molecule has 1 spiro atoms. The summed E-state index contributed by atoms with van der Waals surface area (Å²) in [4.78, 5) is 0. The highest BCUT2D eigenvalue weighted by Crippen LogP contribution is 2.63. The van der Waals surface area contributed by atoms with Gasteiger partial charge in [0.15, 0.2) is 0 Å². The number of halogens is 1. The van der Waals surface area contributed by atoms with E-state index in [-0.39, 0.29) is 5.41 Å². The fourth-order valence-corrected chi connectivity index (χ4v) is 3.24. The van der Waals surface area contributed by atoms with E-state index in [9.17, 15) is 4.39 Å². The zero-order chi connectivity index (χ0) is 10.2. The maximum atomic E-state index is 13.8. The molecule has 0 amide bonds. The summed E-state index contributed by atoms with van der Waals surface area (Å²) >= 11 is 0. The lowest BCUT2D eigenvalue weighted by Gasteiger charge is -2.33. The smallest absolute Gasteiger partial charge is 0.106 e. The Kier molecular flexibility index (Phi) is 2.83. The van der Waals surface area contributed by atoms with Crippen LogP contribution in [0.2, 0.25) is 0 Å². The van der Waals surface area contributed by atoms with Crippen LogP contribution in [0.5, 0.6) is 0 Å². The van der Waals surface area contributed by atoms with Crippen molar-refractivity contribution in [3.05, 3.63) is 0 Å². The van der Waals surface area contributed by atoms with Crippen LogP contribution >= 0.6 is 0 Å². The Morgan fingerprint density at radius 3 is 2.64 bits per heavy atom. The molecule has 0 aromatic heterocycles. The van der Waals surface area contributed by atoms with Crippen LogP contribution in [0.25, 0.3) is 0 Å². The average molecular weight is 200 g/mol. The molecule has 2 aliphatic carbocycles. The molecule has 0 heterocycles. The van der Waals surface area contributed by atoms with Crippen LogP contribution in [0, 0.1) is 11.3 Å². The molecule has 0 bridgehead atoms. The predicted octanol–water partition coefficient (Wildman–Crippen LogP) is 3.33. The first-order valence-electron chi connectivity index (χ1n) is 5.98. The normalized spacial score (nSPS) is 46.9. The fraction of sp³-hybridized carbons (Fsp3) is 1.00. The fourth-order valence-electron chi connectivity index (χ4n) is 3.24. The SMILES string of the molecule is CCOC1CCC(F)C2(C1)CC2CC. The molecule has 4 atom stereocenters. The molecule has 0 saturated heterocycles. The molecule has 2 saturated carbocycles. The highest BCUT2D eigenvalue weighted by Gasteiger charge is 2.60. The summed E-state index contributed by atoms with van der Waals surface area (Å²) in [6.45, 7) is 4.98. The molecule has 0 radical (unpaired) electrons. The van der Waals surface area contributed by atoms with Crippen molar-refractivity contribution >= 4 is 0 Å². The van der Waals surface area contributed by atoms with Crippen LogP contribution in [-0.4, -0.2) is 18.9 Å². The molecule has 82 valence electrons. The van der Waals surface area contributed by atoms with Crippen molar-refractivity contribution < 1.29 is 9.13 Å². The van der Waals surface area contributed by atoms with Gasteiger partial charge < -0.3 is 4.74 Å². The second-order valence-electron chi connectivity index (χ2n) is 4.87. The second kappa shape index (κ2) is 3.80. The van der Waals surface area contributed by atoms with E-state index < -0.39 is 6.17 Å². The third-order valence-electron chi connectivity index (χ3n) is 4.15. The molecule has 14 heavy (non-hydrogen) atoms. The molecule has 0 aliphatic heterocycles. The lowest BCUT2D eigenvalue weighted by molar-refractivity contribution is -0.0182. The molecular formula is C12H21FO. The molecule has 0 aromatic rings. The first-order valence-corrected chi connectivity index (χ1v) is 5.98. The van der Waals surface area contributed by atoms with Gasteiger partial charge in [0.05, 0.1) is 6.10 Å². The molecule has 0 aromatic carbocycles. The third kappa shape index (κ3) is 1.58. The predicted molar refractivity (Wildman–Crippen MR) is 55.0 cm³/mol. The van der Waals surface area contributed by atoms with Crippen LogP contribution in [0.15, 0.2) is 0 Å². The van der Waals surface area contributed by atoms with Crippen molar-refractivity contribution in [3.63, 3.8) is 0 Å². The standard InChI is InChI=1S/C12H21FO/c1-3-9-7-12(9)8-10(14-4-2)5-6-11(12)13/h9-11H,3-8H2,1-2H3. The maximum absolute atomic E-state index is 13.8. The molecule has 2 aliphatic rings. The van der Waals surface area contributed by atoms with Crippen molar-refractivity contribution in [1.82, 2.24) is 0 Å². The van der Waals surface area contributed by atoms with Crippen LogP contribution in [0.3, 0.4) is 0 Å². The van der Waals surface area contributed by atoms with Gasteiger partial charge in [-0.3, -0.25) is 0 Å². The molecule has 2 heteroatoms. The summed E-state index contributed by atoms with van der Waals surface area (Å²) in [5, 5.41) is 0. The van der Waals surface area contributed by atoms with Gasteiger partial charge >= 0.3 is 0 Å². The molecule has 2 fully saturated rings. The Morgan fingerprint density at radius 2 is 2.07 bits per heavy atom. The highest BCUT2D eigenvalue weighted by molar-refractivity contribution is 5.09. The lowest BCUT2D eigenvalue weighted by atomic mass is 9.80. The summed E-state index contributed by atoms with van der Waals surface area (Å²) in [6.07, 6.45) is 4.65. The quantitative estimate of drug-likeness (QED) is 0.679. The Bertz CT molecular complexity index is 206. The van der Waals surface area contributed by atoms with Crippen LogP contribution in [0.4, 0.5) is 4.39 Å². The van der Waals surface area contributed by atoms with Gasteiger partial charge in [-0.2, -0.15) is 0 Å². The number of hydrogen-bond acceptors (Lipinski definition) is 1. The summed E-state index contributed by atoms with van der Waals surface area (Å²) in [5.41, 5.74) is 0.0346. The summed E-state index contributed by atoms with van der Waals surface area (Å²) < 4.78 is 19.5. The Morgan fingerprint density at radius 1 is 1.29 bits per heavy atom. The monoisotopic (exact) mass is 200 g/mol. The van der Waals surface area contributed by atoms with E-state index in [0.29, 0.717) is 12.0 Å². The van der Waals surface area contributed by atoms with Gasteiger partial charge in [0.25, 0.3) is 0 Å². The zero-order valence-corrected chi connectivity index (χ0v) is 9.26. The van der Waals surface area contributed by atoms with Crippen molar-refractivity contribution in [1.29, 1.82) is 0 Å².